The second-order valence-electron chi connectivity index (χ2n) is 5.47. The van der Waals surface area contributed by atoms with Gasteiger partial charge in [-0.2, -0.15) is 5.10 Å². The Labute approximate surface area is 144 Å². The zero-order chi connectivity index (χ0) is 18.4. The first-order valence-electron chi connectivity index (χ1n) is 7.68. The number of aromatic nitrogens is 2. The summed E-state index contributed by atoms with van der Waals surface area (Å²) in [4.78, 5) is 34.0. The number of benzene rings is 1. The molecule has 0 bridgehead atoms. The highest BCUT2D eigenvalue weighted by Gasteiger charge is 2.22. The minimum atomic E-state index is -0.590. The van der Waals surface area contributed by atoms with Crippen LogP contribution in [0, 0.1) is 24.0 Å². The van der Waals surface area contributed by atoms with Crippen molar-refractivity contribution in [1.82, 2.24) is 20.4 Å². The number of imide groups is 1. The fraction of sp³-hybridized carbons (Fsp3) is 0.312. The largest absolute Gasteiger partial charge is 0.334 e. The second kappa shape index (κ2) is 8.04. The monoisotopic (exact) mass is 345 g/mol. The molecule has 0 spiro atoms. The highest BCUT2D eigenvalue weighted by atomic mass is 16.6. The molecule has 3 amide bonds. The number of hydrogen-bond donors (Lipinski definition) is 2. The number of urea groups is 1. The van der Waals surface area contributed by atoms with Gasteiger partial charge in [-0.15, -0.1) is 0 Å². The molecule has 2 rings (SSSR count). The van der Waals surface area contributed by atoms with Gasteiger partial charge >= 0.3 is 11.7 Å². The Morgan fingerprint density at radius 3 is 2.52 bits per heavy atom. The second-order valence-corrected chi connectivity index (χ2v) is 5.47. The first kappa shape index (κ1) is 18.1. The van der Waals surface area contributed by atoms with Crippen molar-refractivity contribution >= 4 is 17.6 Å². The molecule has 0 saturated carbocycles. The Hall–Kier alpha value is -3.23. The molecule has 9 heteroatoms. The number of nitrogens with zero attached hydrogens (tertiary/aromatic N) is 3. The van der Waals surface area contributed by atoms with E-state index in [1.165, 1.54) is 4.68 Å². The molecule has 2 N–H and O–H groups in total. The van der Waals surface area contributed by atoms with Crippen LogP contribution in [0.4, 0.5) is 10.5 Å². The summed E-state index contributed by atoms with van der Waals surface area (Å²) in [6.07, 6.45) is -0.0160. The Balaban J connectivity index is 1.81. The fourth-order valence-corrected chi connectivity index (χ4v) is 2.39. The number of amides is 3. The SMILES string of the molecule is Cc1nn(CCC(=O)NC(=O)NCc2ccccc2)c(C)c1[N+](=O)[O-]. The van der Waals surface area contributed by atoms with Gasteiger partial charge < -0.3 is 5.32 Å². The molecule has 0 radical (unpaired) electrons. The van der Waals surface area contributed by atoms with Crippen LogP contribution in [0.2, 0.25) is 0 Å². The number of nitro groups is 1. The van der Waals surface area contributed by atoms with Gasteiger partial charge in [-0.25, -0.2) is 4.79 Å². The Morgan fingerprint density at radius 1 is 1.24 bits per heavy atom. The Morgan fingerprint density at radius 2 is 1.92 bits per heavy atom. The van der Waals surface area contributed by atoms with E-state index in [9.17, 15) is 19.7 Å². The molecule has 1 aromatic heterocycles. The van der Waals surface area contributed by atoms with Crippen molar-refractivity contribution < 1.29 is 14.5 Å². The summed E-state index contributed by atoms with van der Waals surface area (Å²) in [6, 6.07) is 8.71. The van der Waals surface area contributed by atoms with Gasteiger partial charge in [0.05, 0.1) is 11.5 Å². The third-order valence-corrected chi connectivity index (χ3v) is 3.63. The molecule has 0 atom stereocenters. The van der Waals surface area contributed by atoms with Crippen molar-refractivity contribution in [3.63, 3.8) is 0 Å². The molecule has 0 fully saturated rings. The highest BCUT2D eigenvalue weighted by Crippen LogP contribution is 2.21. The summed E-state index contributed by atoms with van der Waals surface area (Å²) < 4.78 is 1.40. The van der Waals surface area contributed by atoms with E-state index in [2.05, 4.69) is 15.7 Å². The van der Waals surface area contributed by atoms with E-state index < -0.39 is 16.9 Å². The van der Waals surface area contributed by atoms with Crippen molar-refractivity contribution in [3.05, 3.63) is 57.4 Å². The van der Waals surface area contributed by atoms with Crippen molar-refractivity contribution in [2.24, 2.45) is 0 Å². The van der Waals surface area contributed by atoms with Crippen molar-refractivity contribution in [2.45, 2.75) is 33.4 Å². The van der Waals surface area contributed by atoms with Gasteiger partial charge in [0.2, 0.25) is 5.91 Å². The van der Waals surface area contributed by atoms with E-state index in [-0.39, 0.29) is 18.7 Å². The van der Waals surface area contributed by atoms with Gasteiger partial charge in [-0.1, -0.05) is 30.3 Å². The maximum Gasteiger partial charge on any atom is 0.321 e. The van der Waals surface area contributed by atoms with Crippen LogP contribution in [-0.4, -0.2) is 26.6 Å². The molecular weight excluding hydrogens is 326 g/mol. The smallest absolute Gasteiger partial charge is 0.321 e. The van der Waals surface area contributed by atoms with E-state index in [0.717, 1.165) is 5.56 Å². The van der Waals surface area contributed by atoms with Crippen LogP contribution >= 0.6 is 0 Å². The van der Waals surface area contributed by atoms with Gasteiger partial charge in [0.1, 0.15) is 11.4 Å². The van der Waals surface area contributed by atoms with Crippen molar-refractivity contribution in [1.29, 1.82) is 0 Å². The fourth-order valence-electron chi connectivity index (χ4n) is 2.39. The average Bonchev–Trinajstić information content (AvgIpc) is 2.86. The van der Waals surface area contributed by atoms with Crippen LogP contribution in [0.5, 0.6) is 0 Å². The third kappa shape index (κ3) is 4.87. The van der Waals surface area contributed by atoms with Gasteiger partial charge in [-0.05, 0) is 19.4 Å². The molecule has 132 valence electrons. The number of carbonyl (C=O) groups is 2. The molecular formula is C16H19N5O4. The van der Waals surface area contributed by atoms with E-state index in [1.807, 2.05) is 30.3 Å². The number of rotatable bonds is 6. The van der Waals surface area contributed by atoms with Crippen molar-refractivity contribution in [2.75, 3.05) is 0 Å². The molecule has 1 heterocycles. The first-order valence-corrected chi connectivity index (χ1v) is 7.68. The molecule has 2 aromatic rings. The maximum absolute atomic E-state index is 11.8. The van der Waals surface area contributed by atoms with Gasteiger partial charge in [-0.3, -0.25) is 24.9 Å². The van der Waals surface area contributed by atoms with E-state index in [0.29, 0.717) is 17.9 Å². The molecule has 0 aliphatic heterocycles. The number of hydrogen-bond acceptors (Lipinski definition) is 5. The summed E-state index contributed by atoms with van der Waals surface area (Å²) >= 11 is 0. The molecule has 0 unspecified atom stereocenters. The average molecular weight is 345 g/mol. The summed E-state index contributed by atoms with van der Waals surface area (Å²) in [5, 5.41) is 19.8. The Bertz CT molecular complexity index is 785. The quantitative estimate of drug-likeness (QED) is 0.611. The van der Waals surface area contributed by atoms with Gasteiger partial charge in [0.25, 0.3) is 0 Å². The lowest BCUT2D eigenvalue weighted by molar-refractivity contribution is -0.386. The topological polar surface area (TPSA) is 119 Å². The highest BCUT2D eigenvalue weighted by molar-refractivity contribution is 5.94. The number of nitrogens with one attached hydrogen (secondary N) is 2. The van der Waals surface area contributed by atoms with Gasteiger partial charge in [0, 0.05) is 13.0 Å². The van der Waals surface area contributed by atoms with Gasteiger partial charge in [0.15, 0.2) is 0 Å². The molecule has 1 aromatic carbocycles. The predicted molar refractivity (Wildman–Crippen MR) is 89.8 cm³/mol. The lowest BCUT2D eigenvalue weighted by Crippen LogP contribution is -2.39. The normalized spacial score (nSPS) is 10.3. The number of carbonyl (C=O) groups excluding carboxylic acids is 2. The number of aryl methyl sites for hydroxylation is 2. The molecule has 25 heavy (non-hydrogen) atoms. The van der Waals surface area contributed by atoms with E-state index in [1.54, 1.807) is 13.8 Å². The van der Waals surface area contributed by atoms with Crippen LogP contribution in [0.15, 0.2) is 30.3 Å². The minimum Gasteiger partial charge on any atom is -0.334 e. The third-order valence-electron chi connectivity index (χ3n) is 3.63. The molecule has 9 nitrogen and oxygen atoms in total. The molecule has 0 aliphatic rings. The van der Waals surface area contributed by atoms with Crippen molar-refractivity contribution in [3.8, 4) is 0 Å². The summed E-state index contributed by atoms with van der Waals surface area (Å²) in [7, 11) is 0. The Kier molecular flexibility index (Phi) is 5.83. The van der Waals surface area contributed by atoms with Crippen LogP contribution in [-0.2, 0) is 17.9 Å². The van der Waals surface area contributed by atoms with Crippen LogP contribution in [0.3, 0.4) is 0 Å². The predicted octanol–water partition coefficient (Wildman–Crippen LogP) is 1.82. The molecule has 0 aliphatic carbocycles. The molecule has 0 saturated heterocycles. The zero-order valence-electron chi connectivity index (χ0n) is 14.0. The lowest BCUT2D eigenvalue weighted by atomic mass is 10.2. The zero-order valence-corrected chi connectivity index (χ0v) is 14.0. The summed E-state index contributed by atoms with van der Waals surface area (Å²) in [5.74, 6) is -0.485. The standard InChI is InChI=1S/C16H19N5O4/c1-11-15(21(24)25)12(2)20(19-11)9-8-14(22)18-16(23)17-10-13-6-4-3-5-7-13/h3-7H,8-10H2,1-2H3,(H2,17,18,22,23). The van der Waals surface area contributed by atoms with Crippen LogP contribution in [0.25, 0.3) is 0 Å². The van der Waals surface area contributed by atoms with Crippen LogP contribution < -0.4 is 10.6 Å². The first-order chi connectivity index (χ1) is 11.9. The van der Waals surface area contributed by atoms with Crippen LogP contribution in [0.1, 0.15) is 23.4 Å². The summed E-state index contributed by atoms with van der Waals surface area (Å²) in [6.45, 7) is 3.57. The summed E-state index contributed by atoms with van der Waals surface area (Å²) in [5.41, 5.74) is 1.54. The maximum atomic E-state index is 11.8. The minimum absolute atomic E-state index is 0.0160. The lowest BCUT2D eigenvalue weighted by Gasteiger charge is -2.07. The van der Waals surface area contributed by atoms with E-state index in [4.69, 9.17) is 0 Å². The van der Waals surface area contributed by atoms with E-state index >= 15 is 0 Å².